The molecule has 4 aliphatic rings. The van der Waals surface area contributed by atoms with Gasteiger partial charge in [-0.1, -0.05) is 22.0 Å². The summed E-state index contributed by atoms with van der Waals surface area (Å²) in [6, 6.07) is 0.285. The Morgan fingerprint density at radius 1 is 1.25 bits per heavy atom. The van der Waals surface area contributed by atoms with Crippen molar-refractivity contribution >= 4 is 33.4 Å². The van der Waals surface area contributed by atoms with Crippen molar-refractivity contribution in [2.45, 2.75) is 73.5 Å². The van der Waals surface area contributed by atoms with E-state index in [0.717, 1.165) is 51.5 Å². The van der Waals surface area contributed by atoms with Gasteiger partial charge in [0.2, 0.25) is 5.91 Å². The molecule has 1 amide bonds. The fraction of sp³-hybridized carbons (Fsp3) is 0.833. The number of hydrogen-bond donors (Lipinski definition) is 2. The smallest absolute Gasteiger partial charge is 0.228 e. The van der Waals surface area contributed by atoms with Crippen LogP contribution in [0, 0.1) is 11.8 Å². The van der Waals surface area contributed by atoms with Crippen molar-refractivity contribution in [3.63, 3.8) is 0 Å². The highest BCUT2D eigenvalue weighted by Gasteiger charge is 2.47. The number of alkyl halides is 2. The minimum atomic E-state index is -0.222. The number of halogens is 2. The third-order valence-electron chi connectivity index (χ3n) is 6.29. The van der Waals surface area contributed by atoms with Crippen LogP contribution in [0.3, 0.4) is 0 Å². The fourth-order valence-corrected chi connectivity index (χ4v) is 5.98. The van der Waals surface area contributed by atoms with E-state index in [2.05, 4.69) is 27.3 Å². The van der Waals surface area contributed by atoms with Gasteiger partial charge in [0.05, 0.1) is 12.0 Å². The van der Waals surface area contributed by atoms with Crippen molar-refractivity contribution in [1.29, 1.82) is 0 Å². The number of amides is 1. The number of carbonyl (C=O) groups excluding carboxylic acids is 1. The molecule has 2 N–H and O–H groups in total. The highest BCUT2D eigenvalue weighted by molar-refractivity contribution is 9.09. The maximum absolute atomic E-state index is 12.9. The van der Waals surface area contributed by atoms with Crippen molar-refractivity contribution in [1.82, 2.24) is 10.2 Å². The Bertz CT molecular complexity index is 543. The molecule has 0 aromatic carbocycles. The zero-order valence-corrected chi connectivity index (χ0v) is 16.2. The zero-order chi connectivity index (χ0) is 16.8. The maximum Gasteiger partial charge on any atom is 0.228 e. The molecular weight excluding hydrogens is 392 g/mol. The summed E-state index contributed by atoms with van der Waals surface area (Å²) in [6.45, 7) is 0.825. The number of nitrogens with zero attached hydrogens (tertiary/aromatic N) is 1. The van der Waals surface area contributed by atoms with Gasteiger partial charge in [0.25, 0.3) is 0 Å². The molecule has 4 rings (SSSR count). The molecule has 2 heterocycles. The van der Waals surface area contributed by atoms with Gasteiger partial charge in [-0.05, 0) is 56.4 Å². The van der Waals surface area contributed by atoms with E-state index >= 15 is 0 Å². The quantitative estimate of drug-likeness (QED) is 0.509. The maximum atomic E-state index is 12.9. The Morgan fingerprint density at radius 3 is 2.88 bits per heavy atom. The lowest BCUT2D eigenvalue weighted by atomic mass is 9.81. The standard InChI is InChI=1S/C18H26BrClN2O2/c19-14-8-10(1-4-16(14)23)7-11-5-6-22-17(11)21-15-3-2-12(20)9-13(15)18(22)24/h7,10,12-17,21,23H,1-6,8-9H2/b11-7+. The number of allylic oxidation sites excluding steroid dienone is 1. The van der Waals surface area contributed by atoms with E-state index in [0.29, 0.717) is 11.8 Å². The molecule has 0 radical (unpaired) electrons. The van der Waals surface area contributed by atoms with Gasteiger partial charge >= 0.3 is 0 Å². The van der Waals surface area contributed by atoms with E-state index in [1.165, 1.54) is 5.57 Å². The third-order valence-corrected chi connectivity index (χ3v) is 7.67. The van der Waals surface area contributed by atoms with Crippen LogP contribution in [-0.2, 0) is 4.79 Å². The van der Waals surface area contributed by atoms with Gasteiger partial charge in [0.15, 0.2) is 0 Å². The average Bonchev–Trinajstić information content (AvgIpc) is 2.95. The monoisotopic (exact) mass is 416 g/mol. The average molecular weight is 418 g/mol. The van der Waals surface area contributed by atoms with E-state index in [4.69, 9.17) is 11.6 Å². The number of carbonyl (C=O) groups is 1. The SMILES string of the molecule is O=C1C2CC(Cl)CCC2NC2/C(=C/C3CCC(O)C(Br)C3)CCN12. The number of aliphatic hydroxyl groups excluding tert-OH is 1. The molecule has 4 nitrogen and oxygen atoms in total. The summed E-state index contributed by atoms with van der Waals surface area (Å²) in [6.07, 6.45) is 8.91. The number of rotatable bonds is 1. The zero-order valence-electron chi connectivity index (χ0n) is 13.8. The minimum Gasteiger partial charge on any atom is -0.392 e. The fourth-order valence-electron chi connectivity index (χ4n) is 4.92. The summed E-state index contributed by atoms with van der Waals surface area (Å²) < 4.78 is 0. The second-order valence-electron chi connectivity index (χ2n) is 7.87. The first kappa shape index (κ1) is 17.3. The topological polar surface area (TPSA) is 52.6 Å². The van der Waals surface area contributed by atoms with Crippen LogP contribution in [0.4, 0.5) is 0 Å². The largest absolute Gasteiger partial charge is 0.392 e. The van der Waals surface area contributed by atoms with Gasteiger partial charge < -0.3 is 10.0 Å². The van der Waals surface area contributed by atoms with Crippen LogP contribution in [0.25, 0.3) is 0 Å². The highest BCUT2D eigenvalue weighted by atomic mass is 79.9. The van der Waals surface area contributed by atoms with E-state index < -0.39 is 0 Å². The van der Waals surface area contributed by atoms with Gasteiger partial charge in [-0.15, -0.1) is 11.6 Å². The van der Waals surface area contributed by atoms with E-state index in [1.807, 2.05) is 4.90 Å². The highest BCUT2D eigenvalue weighted by Crippen LogP contribution is 2.39. The Hall–Kier alpha value is -0.100. The molecule has 0 bridgehead atoms. The van der Waals surface area contributed by atoms with Crippen LogP contribution in [0.5, 0.6) is 0 Å². The lowest BCUT2D eigenvalue weighted by Crippen LogP contribution is -2.62. The molecule has 6 heteroatoms. The van der Waals surface area contributed by atoms with Crippen molar-refractivity contribution in [2.75, 3.05) is 6.54 Å². The van der Waals surface area contributed by atoms with Crippen molar-refractivity contribution in [2.24, 2.45) is 11.8 Å². The molecular formula is C18H26BrClN2O2. The normalized spacial score (nSPS) is 47.6. The summed E-state index contributed by atoms with van der Waals surface area (Å²) in [5, 5.41) is 13.8. The lowest BCUT2D eigenvalue weighted by Gasteiger charge is -2.45. The molecule has 0 aromatic heterocycles. The van der Waals surface area contributed by atoms with E-state index in [-0.39, 0.29) is 34.4 Å². The van der Waals surface area contributed by atoms with Crippen molar-refractivity contribution < 1.29 is 9.90 Å². The Labute approximate surface area is 157 Å². The van der Waals surface area contributed by atoms with Crippen LogP contribution in [0.2, 0.25) is 0 Å². The van der Waals surface area contributed by atoms with Crippen LogP contribution in [0.15, 0.2) is 11.6 Å². The predicted molar refractivity (Wildman–Crippen MR) is 98.2 cm³/mol. The lowest BCUT2D eigenvalue weighted by molar-refractivity contribution is -0.143. The third kappa shape index (κ3) is 3.17. The first-order valence-electron chi connectivity index (χ1n) is 9.26. The Balaban J connectivity index is 1.48. The van der Waals surface area contributed by atoms with E-state index in [1.54, 1.807) is 0 Å². The Kier molecular flexibility index (Phi) is 4.98. The molecule has 2 saturated heterocycles. The van der Waals surface area contributed by atoms with Crippen LogP contribution in [0.1, 0.15) is 44.9 Å². The van der Waals surface area contributed by atoms with Gasteiger partial charge in [-0.2, -0.15) is 0 Å². The van der Waals surface area contributed by atoms with Gasteiger partial charge in [-0.25, -0.2) is 0 Å². The summed E-state index contributed by atoms with van der Waals surface area (Å²) in [4.78, 5) is 15.1. The first-order valence-corrected chi connectivity index (χ1v) is 10.6. The summed E-state index contributed by atoms with van der Waals surface area (Å²) >= 11 is 9.89. The van der Waals surface area contributed by atoms with Crippen LogP contribution >= 0.6 is 27.5 Å². The molecule has 7 atom stereocenters. The molecule has 24 heavy (non-hydrogen) atoms. The predicted octanol–water partition coefficient (Wildman–Crippen LogP) is 2.78. The number of nitrogens with one attached hydrogen (secondary N) is 1. The van der Waals surface area contributed by atoms with Crippen molar-refractivity contribution in [3.05, 3.63) is 11.6 Å². The summed E-state index contributed by atoms with van der Waals surface area (Å²) in [5.41, 5.74) is 1.37. The van der Waals surface area contributed by atoms with Crippen LogP contribution < -0.4 is 5.32 Å². The molecule has 7 unspecified atom stereocenters. The number of aliphatic hydroxyl groups is 1. The van der Waals surface area contributed by atoms with E-state index in [9.17, 15) is 9.90 Å². The molecule has 0 aromatic rings. The Morgan fingerprint density at radius 2 is 2.08 bits per heavy atom. The number of hydrogen-bond acceptors (Lipinski definition) is 3. The molecule has 4 fully saturated rings. The molecule has 2 aliphatic heterocycles. The molecule has 134 valence electrons. The number of fused-ring (bicyclic) bond motifs is 2. The first-order chi connectivity index (χ1) is 11.5. The van der Waals surface area contributed by atoms with Crippen molar-refractivity contribution in [3.8, 4) is 0 Å². The van der Waals surface area contributed by atoms with Crippen LogP contribution in [-0.4, -0.2) is 51.0 Å². The minimum absolute atomic E-state index is 0.0635. The second-order valence-corrected chi connectivity index (χ2v) is 9.67. The second kappa shape index (κ2) is 6.90. The summed E-state index contributed by atoms with van der Waals surface area (Å²) in [7, 11) is 0. The van der Waals surface area contributed by atoms with Gasteiger partial charge in [0, 0.05) is 22.8 Å². The van der Waals surface area contributed by atoms with Gasteiger partial charge in [-0.3, -0.25) is 10.1 Å². The molecule has 2 aliphatic carbocycles. The molecule has 0 spiro atoms. The van der Waals surface area contributed by atoms with Gasteiger partial charge in [0.1, 0.15) is 6.17 Å². The molecule has 2 saturated carbocycles. The summed E-state index contributed by atoms with van der Waals surface area (Å²) in [5.74, 6) is 0.865.